The number of amides is 1. The van der Waals surface area contributed by atoms with E-state index < -0.39 is 0 Å². The van der Waals surface area contributed by atoms with Crippen molar-refractivity contribution in [3.05, 3.63) is 19.2 Å². The first-order valence-corrected chi connectivity index (χ1v) is 7.39. The summed E-state index contributed by atoms with van der Waals surface area (Å²) >= 11 is 8.29. The van der Waals surface area contributed by atoms with Crippen LogP contribution in [0.3, 0.4) is 0 Å². The van der Waals surface area contributed by atoms with Gasteiger partial charge in [0.05, 0.1) is 13.1 Å². The van der Waals surface area contributed by atoms with Crippen LogP contribution in [0.2, 0.25) is 0 Å². The summed E-state index contributed by atoms with van der Waals surface area (Å²) < 4.78 is 1.83. The Hall–Kier alpha value is 0.0900. The van der Waals surface area contributed by atoms with Gasteiger partial charge in [-0.25, -0.2) is 0 Å². The molecule has 88 valence electrons. The van der Waals surface area contributed by atoms with Gasteiger partial charge in [0.25, 0.3) is 5.91 Å². The summed E-state index contributed by atoms with van der Waals surface area (Å²) in [5, 5.41) is 0. The standard InChI is InChI=1S/C10H12Br2N2OS/c1-5-3-14(4-7(5)13)10(15)6-2-8(11)16-9(6)12/h2,5,7H,3-4,13H2,1H3. The third-order valence-electron chi connectivity index (χ3n) is 2.84. The van der Waals surface area contributed by atoms with Gasteiger partial charge >= 0.3 is 0 Å². The fourth-order valence-corrected chi connectivity index (χ4v) is 4.59. The number of hydrogen-bond donors (Lipinski definition) is 1. The predicted octanol–water partition coefficient (Wildman–Crippen LogP) is 2.69. The molecule has 2 heterocycles. The van der Waals surface area contributed by atoms with Crippen molar-refractivity contribution in [1.29, 1.82) is 0 Å². The fourth-order valence-electron chi connectivity index (χ4n) is 1.81. The summed E-state index contributed by atoms with van der Waals surface area (Å²) in [5.74, 6) is 0.443. The third-order valence-corrected chi connectivity index (χ3v) is 5.18. The molecule has 1 aromatic rings. The van der Waals surface area contributed by atoms with Crippen molar-refractivity contribution in [1.82, 2.24) is 4.90 Å². The zero-order valence-corrected chi connectivity index (χ0v) is 12.7. The van der Waals surface area contributed by atoms with E-state index >= 15 is 0 Å². The van der Waals surface area contributed by atoms with Gasteiger partial charge in [0.1, 0.15) is 0 Å². The molecule has 0 aromatic carbocycles. The molecule has 0 aliphatic carbocycles. The van der Waals surface area contributed by atoms with E-state index in [1.54, 1.807) is 0 Å². The molecule has 6 heteroatoms. The summed E-state index contributed by atoms with van der Waals surface area (Å²) in [6.45, 7) is 3.48. The van der Waals surface area contributed by atoms with E-state index in [0.29, 0.717) is 12.5 Å². The summed E-state index contributed by atoms with van der Waals surface area (Å²) in [6.07, 6.45) is 0. The van der Waals surface area contributed by atoms with Gasteiger partial charge in [0.2, 0.25) is 0 Å². The molecule has 3 nitrogen and oxygen atoms in total. The minimum absolute atomic E-state index is 0.0635. The van der Waals surface area contributed by atoms with E-state index in [-0.39, 0.29) is 11.9 Å². The summed E-state index contributed by atoms with van der Waals surface area (Å²) in [6, 6.07) is 1.95. The van der Waals surface area contributed by atoms with Crippen LogP contribution in [0.5, 0.6) is 0 Å². The Morgan fingerprint density at radius 1 is 1.56 bits per heavy atom. The number of likely N-dealkylation sites (tertiary alicyclic amines) is 1. The molecule has 2 rings (SSSR count). The molecule has 0 spiro atoms. The zero-order chi connectivity index (χ0) is 11.9. The number of carbonyl (C=O) groups is 1. The molecule has 2 unspecified atom stereocenters. The molecular formula is C10H12Br2N2OS. The van der Waals surface area contributed by atoms with Crippen molar-refractivity contribution in [2.24, 2.45) is 11.7 Å². The third kappa shape index (κ3) is 2.34. The van der Waals surface area contributed by atoms with Gasteiger partial charge in [-0.2, -0.15) is 0 Å². The minimum atomic E-state index is 0.0635. The first-order chi connectivity index (χ1) is 7.49. The number of hydrogen-bond acceptors (Lipinski definition) is 3. The molecule has 1 aliphatic heterocycles. The van der Waals surface area contributed by atoms with E-state index in [9.17, 15) is 4.79 Å². The lowest BCUT2D eigenvalue weighted by molar-refractivity contribution is 0.0786. The first-order valence-electron chi connectivity index (χ1n) is 4.98. The largest absolute Gasteiger partial charge is 0.337 e. The van der Waals surface area contributed by atoms with Gasteiger partial charge in [-0.1, -0.05) is 6.92 Å². The lowest BCUT2D eigenvalue weighted by Crippen LogP contribution is -2.32. The van der Waals surface area contributed by atoms with Crippen LogP contribution < -0.4 is 5.73 Å². The Balaban J connectivity index is 2.17. The molecule has 1 amide bonds. The molecule has 1 saturated heterocycles. The van der Waals surface area contributed by atoms with Gasteiger partial charge < -0.3 is 10.6 Å². The highest BCUT2D eigenvalue weighted by Crippen LogP contribution is 2.33. The molecule has 1 aromatic heterocycles. The second-order valence-electron chi connectivity index (χ2n) is 4.09. The van der Waals surface area contributed by atoms with Crippen molar-refractivity contribution in [2.45, 2.75) is 13.0 Å². The molecule has 16 heavy (non-hydrogen) atoms. The smallest absolute Gasteiger partial charge is 0.255 e. The zero-order valence-electron chi connectivity index (χ0n) is 8.74. The topological polar surface area (TPSA) is 46.3 Å². The monoisotopic (exact) mass is 366 g/mol. The maximum absolute atomic E-state index is 12.2. The average molecular weight is 368 g/mol. The molecule has 0 radical (unpaired) electrons. The summed E-state index contributed by atoms with van der Waals surface area (Å²) in [7, 11) is 0. The highest BCUT2D eigenvalue weighted by Gasteiger charge is 2.31. The van der Waals surface area contributed by atoms with Crippen LogP contribution in [-0.4, -0.2) is 29.9 Å². The summed E-state index contributed by atoms with van der Waals surface area (Å²) in [5.41, 5.74) is 6.64. The first kappa shape index (κ1) is 12.5. The predicted molar refractivity (Wildman–Crippen MR) is 72.8 cm³/mol. The number of nitrogens with zero attached hydrogens (tertiary/aromatic N) is 1. The van der Waals surface area contributed by atoms with Crippen LogP contribution in [-0.2, 0) is 0 Å². The Bertz CT molecular complexity index is 411. The highest BCUT2D eigenvalue weighted by molar-refractivity contribution is 9.12. The van der Waals surface area contributed by atoms with Gasteiger partial charge in [0, 0.05) is 19.1 Å². The molecule has 1 aliphatic rings. The number of rotatable bonds is 1. The van der Waals surface area contributed by atoms with Crippen molar-refractivity contribution in [3.63, 3.8) is 0 Å². The fraction of sp³-hybridized carbons (Fsp3) is 0.500. The van der Waals surface area contributed by atoms with Crippen LogP contribution in [0.25, 0.3) is 0 Å². The normalized spacial score (nSPS) is 25.1. The van der Waals surface area contributed by atoms with Crippen molar-refractivity contribution in [2.75, 3.05) is 13.1 Å². The second kappa shape index (κ2) is 4.76. The molecule has 0 bridgehead atoms. The van der Waals surface area contributed by atoms with Crippen molar-refractivity contribution < 1.29 is 4.79 Å². The van der Waals surface area contributed by atoms with Crippen LogP contribution in [0.15, 0.2) is 13.6 Å². The van der Waals surface area contributed by atoms with Crippen LogP contribution in [0.1, 0.15) is 17.3 Å². The van der Waals surface area contributed by atoms with Crippen molar-refractivity contribution in [3.8, 4) is 0 Å². The lowest BCUT2D eigenvalue weighted by Gasteiger charge is -2.15. The summed E-state index contributed by atoms with van der Waals surface area (Å²) in [4.78, 5) is 14.0. The van der Waals surface area contributed by atoms with Crippen LogP contribution >= 0.6 is 43.2 Å². The van der Waals surface area contributed by atoms with E-state index in [1.165, 1.54) is 11.3 Å². The quantitative estimate of drug-likeness (QED) is 0.829. The molecule has 1 fully saturated rings. The molecule has 2 atom stereocenters. The van der Waals surface area contributed by atoms with E-state index in [2.05, 4.69) is 38.8 Å². The number of carbonyl (C=O) groups excluding carboxylic acids is 1. The lowest BCUT2D eigenvalue weighted by atomic mass is 10.1. The average Bonchev–Trinajstić information content (AvgIpc) is 2.70. The number of nitrogens with two attached hydrogens (primary N) is 1. The Kier molecular flexibility index (Phi) is 3.73. The maximum Gasteiger partial charge on any atom is 0.255 e. The SMILES string of the molecule is CC1CN(C(=O)c2cc(Br)sc2Br)CC1N. The molecule has 0 saturated carbocycles. The Morgan fingerprint density at radius 2 is 2.25 bits per heavy atom. The van der Waals surface area contributed by atoms with E-state index in [1.807, 2.05) is 11.0 Å². The Labute approximate surface area is 115 Å². The maximum atomic E-state index is 12.2. The number of halogens is 2. The van der Waals surface area contributed by atoms with Gasteiger partial charge in [-0.3, -0.25) is 4.79 Å². The molecule has 2 N–H and O–H groups in total. The highest BCUT2D eigenvalue weighted by atomic mass is 79.9. The van der Waals surface area contributed by atoms with E-state index in [4.69, 9.17) is 5.73 Å². The van der Waals surface area contributed by atoms with E-state index in [0.717, 1.165) is 19.7 Å². The minimum Gasteiger partial charge on any atom is -0.337 e. The van der Waals surface area contributed by atoms with Crippen LogP contribution in [0, 0.1) is 5.92 Å². The second-order valence-corrected chi connectivity index (χ2v) is 7.84. The van der Waals surface area contributed by atoms with Crippen molar-refractivity contribution >= 4 is 49.1 Å². The van der Waals surface area contributed by atoms with Gasteiger partial charge in [0.15, 0.2) is 0 Å². The van der Waals surface area contributed by atoms with Gasteiger partial charge in [-0.05, 0) is 43.8 Å². The van der Waals surface area contributed by atoms with Gasteiger partial charge in [-0.15, -0.1) is 11.3 Å². The Morgan fingerprint density at radius 3 is 2.69 bits per heavy atom. The van der Waals surface area contributed by atoms with Crippen LogP contribution in [0.4, 0.5) is 0 Å². The molecular weight excluding hydrogens is 356 g/mol. The number of thiophene rings is 1.